The maximum absolute atomic E-state index is 13.5. The van der Waals surface area contributed by atoms with Gasteiger partial charge < -0.3 is 5.73 Å². The lowest BCUT2D eigenvalue weighted by molar-refractivity contribution is 0.0771. The van der Waals surface area contributed by atoms with Gasteiger partial charge in [-0.25, -0.2) is 4.39 Å². The fraction of sp³-hybridized carbons (Fsp3) is 0.647. The van der Waals surface area contributed by atoms with Crippen LogP contribution in [0.5, 0.6) is 0 Å². The first kappa shape index (κ1) is 16.7. The molecule has 0 spiro atoms. The summed E-state index contributed by atoms with van der Waals surface area (Å²) in [7, 11) is 0. The molecule has 0 radical (unpaired) electrons. The third-order valence-corrected chi connectivity index (χ3v) is 5.37. The molecule has 1 aliphatic carbocycles. The summed E-state index contributed by atoms with van der Waals surface area (Å²) in [4.78, 5) is 2.48. The van der Waals surface area contributed by atoms with Crippen molar-refractivity contribution in [2.24, 2.45) is 5.73 Å². The Balaban J connectivity index is 2.23. The summed E-state index contributed by atoms with van der Waals surface area (Å²) in [5.41, 5.74) is 7.46. The Labute approximate surface area is 132 Å². The second kappa shape index (κ2) is 7.08. The van der Waals surface area contributed by atoms with Gasteiger partial charge in [0.2, 0.25) is 0 Å². The highest BCUT2D eigenvalue weighted by Gasteiger charge is 2.43. The number of benzene rings is 1. The van der Waals surface area contributed by atoms with Crippen molar-refractivity contribution in [2.45, 2.75) is 57.5 Å². The normalized spacial score (nSPS) is 19.1. The van der Waals surface area contributed by atoms with E-state index in [0.29, 0.717) is 11.4 Å². The molecule has 1 aromatic carbocycles. The van der Waals surface area contributed by atoms with Crippen LogP contribution in [-0.4, -0.2) is 29.6 Å². The van der Waals surface area contributed by atoms with Crippen LogP contribution < -0.4 is 5.73 Å². The molecule has 1 unspecified atom stereocenters. The molecule has 1 atom stereocenters. The number of hydrogen-bond acceptors (Lipinski definition) is 2. The van der Waals surface area contributed by atoms with E-state index in [1.54, 1.807) is 6.07 Å². The van der Waals surface area contributed by atoms with Crippen LogP contribution in [-0.2, 0) is 6.42 Å². The summed E-state index contributed by atoms with van der Waals surface area (Å²) in [5, 5.41) is 0.611. The van der Waals surface area contributed by atoms with Gasteiger partial charge in [0.15, 0.2) is 0 Å². The van der Waals surface area contributed by atoms with Gasteiger partial charge in [-0.1, -0.05) is 38.3 Å². The predicted octanol–water partition coefficient (Wildman–Crippen LogP) is 4.00. The number of rotatable bonds is 6. The van der Waals surface area contributed by atoms with Crippen molar-refractivity contribution in [1.29, 1.82) is 0 Å². The minimum absolute atomic E-state index is 0.0146. The molecular formula is C17H26ClFN2. The molecule has 1 aromatic rings. The molecule has 2 nitrogen and oxygen atoms in total. The smallest absolute Gasteiger partial charge is 0.123 e. The molecule has 0 bridgehead atoms. The van der Waals surface area contributed by atoms with E-state index in [1.807, 2.05) is 0 Å². The minimum Gasteiger partial charge on any atom is -0.326 e. The first-order chi connectivity index (χ1) is 10.0. The number of nitrogens with two attached hydrogens (primary N) is 1. The molecule has 118 valence electrons. The summed E-state index contributed by atoms with van der Waals surface area (Å²) < 4.78 is 13.5. The standard InChI is InChI=1S/C17H26ClFN2/c1-3-21(4-2)17(9-5-6-10-17)16(20)12-13-11-14(19)7-8-15(13)18/h7-8,11,16H,3-6,9-10,12,20H2,1-2H3. The van der Waals surface area contributed by atoms with E-state index in [4.69, 9.17) is 17.3 Å². The third-order valence-electron chi connectivity index (χ3n) is 5.00. The van der Waals surface area contributed by atoms with Gasteiger partial charge in [-0.2, -0.15) is 0 Å². The molecule has 0 heterocycles. The van der Waals surface area contributed by atoms with Gasteiger partial charge in [-0.05, 0) is 56.1 Å². The first-order valence-electron chi connectivity index (χ1n) is 7.98. The molecule has 0 saturated heterocycles. The van der Waals surface area contributed by atoms with E-state index in [9.17, 15) is 4.39 Å². The third kappa shape index (κ3) is 3.41. The van der Waals surface area contributed by atoms with Gasteiger partial charge in [0.1, 0.15) is 5.82 Å². The molecule has 0 aromatic heterocycles. The predicted molar refractivity (Wildman–Crippen MR) is 87.2 cm³/mol. The molecule has 4 heteroatoms. The summed E-state index contributed by atoms with van der Waals surface area (Å²) in [5.74, 6) is -0.245. The largest absolute Gasteiger partial charge is 0.326 e. The van der Waals surface area contributed by atoms with Crippen LogP contribution in [0.15, 0.2) is 18.2 Å². The Morgan fingerprint density at radius 3 is 2.48 bits per heavy atom. The molecule has 1 aliphatic rings. The summed E-state index contributed by atoms with van der Waals surface area (Å²) >= 11 is 6.20. The lowest BCUT2D eigenvalue weighted by Gasteiger charge is -2.45. The van der Waals surface area contributed by atoms with Crippen molar-refractivity contribution in [3.63, 3.8) is 0 Å². The topological polar surface area (TPSA) is 29.3 Å². The zero-order valence-electron chi connectivity index (χ0n) is 13.0. The van der Waals surface area contributed by atoms with Crippen molar-refractivity contribution in [1.82, 2.24) is 4.90 Å². The van der Waals surface area contributed by atoms with E-state index in [2.05, 4.69) is 18.7 Å². The van der Waals surface area contributed by atoms with Crippen molar-refractivity contribution < 1.29 is 4.39 Å². The highest BCUT2D eigenvalue weighted by Crippen LogP contribution is 2.38. The second-order valence-corrected chi connectivity index (χ2v) is 6.44. The Hall–Kier alpha value is -0.640. The highest BCUT2D eigenvalue weighted by atomic mass is 35.5. The lowest BCUT2D eigenvalue weighted by Crippen LogP contribution is -2.59. The van der Waals surface area contributed by atoms with Gasteiger partial charge >= 0.3 is 0 Å². The zero-order valence-corrected chi connectivity index (χ0v) is 13.8. The minimum atomic E-state index is -0.245. The second-order valence-electron chi connectivity index (χ2n) is 6.03. The Kier molecular flexibility index (Phi) is 5.64. The van der Waals surface area contributed by atoms with Crippen molar-refractivity contribution in [3.05, 3.63) is 34.6 Å². The van der Waals surface area contributed by atoms with Crippen LogP contribution in [0.25, 0.3) is 0 Å². The quantitative estimate of drug-likeness (QED) is 0.860. The van der Waals surface area contributed by atoms with E-state index in [1.165, 1.54) is 25.0 Å². The van der Waals surface area contributed by atoms with Gasteiger partial charge in [-0.15, -0.1) is 0 Å². The average molecular weight is 313 g/mol. The van der Waals surface area contributed by atoms with Gasteiger partial charge in [-0.3, -0.25) is 4.90 Å². The Bertz CT molecular complexity index is 468. The van der Waals surface area contributed by atoms with E-state index >= 15 is 0 Å². The number of hydrogen-bond donors (Lipinski definition) is 1. The monoisotopic (exact) mass is 312 g/mol. The number of nitrogens with zero attached hydrogens (tertiary/aromatic N) is 1. The van der Waals surface area contributed by atoms with Crippen LogP contribution in [0, 0.1) is 5.82 Å². The molecule has 21 heavy (non-hydrogen) atoms. The molecule has 2 N–H and O–H groups in total. The number of halogens is 2. The molecule has 1 fully saturated rings. The summed E-state index contributed by atoms with van der Waals surface area (Å²) in [6, 6.07) is 4.52. The highest BCUT2D eigenvalue weighted by molar-refractivity contribution is 6.31. The van der Waals surface area contributed by atoms with E-state index in [-0.39, 0.29) is 17.4 Å². The SMILES string of the molecule is CCN(CC)C1(C(N)Cc2cc(F)ccc2Cl)CCCC1. The van der Waals surface area contributed by atoms with Crippen LogP contribution in [0.4, 0.5) is 4.39 Å². The van der Waals surface area contributed by atoms with Crippen molar-refractivity contribution in [2.75, 3.05) is 13.1 Å². The maximum atomic E-state index is 13.5. The fourth-order valence-corrected chi connectivity index (χ4v) is 4.08. The van der Waals surface area contributed by atoms with Crippen molar-refractivity contribution >= 4 is 11.6 Å². The van der Waals surface area contributed by atoms with Crippen LogP contribution in [0.2, 0.25) is 5.02 Å². The molecule has 2 rings (SSSR count). The lowest BCUT2D eigenvalue weighted by atomic mass is 9.83. The first-order valence-corrected chi connectivity index (χ1v) is 8.36. The Morgan fingerprint density at radius 2 is 1.90 bits per heavy atom. The van der Waals surface area contributed by atoms with Gasteiger partial charge in [0, 0.05) is 16.6 Å². The van der Waals surface area contributed by atoms with E-state index in [0.717, 1.165) is 31.5 Å². The van der Waals surface area contributed by atoms with Crippen LogP contribution in [0.3, 0.4) is 0 Å². The number of likely N-dealkylation sites (N-methyl/N-ethyl adjacent to an activating group) is 1. The Morgan fingerprint density at radius 1 is 1.29 bits per heavy atom. The van der Waals surface area contributed by atoms with E-state index < -0.39 is 0 Å². The van der Waals surface area contributed by atoms with Gasteiger partial charge in [0.05, 0.1) is 0 Å². The molecular weight excluding hydrogens is 287 g/mol. The van der Waals surface area contributed by atoms with Crippen LogP contribution in [0.1, 0.15) is 45.1 Å². The average Bonchev–Trinajstić information content (AvgIpc) is 2.95. The summed E-state index contributed by atoms with van der Waals surface area (Å²) in [6.07, 6.45) is 5.33. The maximum Gasteiger partial charge on any atom is 0.123 e. The van der Waals surface area contributed by atoms with Crippen LogP contribution >= 0.6 is 11.6 Å². The fourth-order valence-electron chi connectivity index (χ4n) is 3.89. The molecule has 0 aliphatic heterocycles. The summed E-state index contributed by atoms with van der Waals surface area (Å²) in [6.45, 7) is 6.37. The zero-order chi connectivity index (χ0) is 15.5. The van der Waals surface area contributed by atoms with Gasteiger partial charge in [0.25, 0.3) is 0 Å². The molecule has 1 saturated carbocycles. The molecule has 0 amide bonds. The van der Waals surface area contributed by atoms with Crippen molar-refractivity contribution in [3.8, 4) is 0 Å².